The molecule has 0 spiro atoms. The van der Waals surface area contributed by atoms with Gasteiger partial charge in [0.05, 0.1) is 12.0 Å². The van der Waals surface area contributed by atoms with Gasteiger partial charge in [-0.25, -0.2) is 0 Å². The molecule has 1 atom stereocenters. The molecule has 16 heavy (non-hydrogen) atoms. The first kappa shape index (κ1) is 15.7. The molecule has 0 aromatic heterocycles. The fourth-order valence-electron chi connectivity index (χ4n) is 2.04. The van der Waals surface area contributed by atoms with Gasteiger partial charge in [0.25, 0.3) is 0 Å². The van der Waals surface area contributed by atoms with Crippen molar-refractivity contribution in [1.29, 1.82) is 0 Å². The maximum atomic E-state index is 11.9. The number of carbonyl (C=O) groups is 1. The maximum Gasteiger partial charge on any atom is 0.313 e. The highest BCUT2D eigenvalue weighted by Gasteiger charge is 2.40. The topological polar surface area (TPSA) is 47.6 Å². The van der Waals surface area contributed by atoms with Crippen LogP contribution >= 0.6 is 12.4 Å². The molecule has 96 valence electrons. The first-order chi connectivity index (χ1) is 7.25. The number of hydrogen-bond donors (Lipinski definition) is 1. The lowest BCUT2D eigenvalue weighted by molar-refractivity contribution is -0.157. The Bertz CT molecular complexity index is 205. The van der Waals surface area contributed by atoms with Crippen molar-refractivity contribution in [1.82, 2.24) is 5.32 Å². The van der Waals surface area contributed by atoms with E-state index in [1.165, 1.54) is 0 Å². The van der Waals surface area contributed by atoms with Crippen LogP contribution < -0.4 is 5.32 Å². The highest BCUT2D eigenvalue weighted by atomic mass is 35.5. The van der Waals surface area contributed by atoms with Crippen LogP contribution in [0.2, 0.25) is 0 Å². The summed E-state index contributed by atoms with van der Waals surface area (Å²) in [6.07, 6.45) is 2.68. The van der Waals surface area contributed by atoms with Gasteiger partial charge in [0.2, 0.25) is 0 Å². The van der Waals surface area contributed by atoms with Gasteiger partial charge in [-0.1, -0.05) is 0 Å². The predicted octanol–water partition coefficient (Wildman–Crippen LogP) is 1.38. The van der Waals surface area contributed by atoms with Crippen molar-refractivity contribution in [3.63, 3.8) is 0 Å². The molecular weight excluding hydrogens is 230 g/mol. The highest BCUT2D eigenvalue weighted by Crippen LogP contribution is 2.31. The minimum Gasteiger partial charge on any atom is -0.466 e. The second-order valence-electron chi connectivity index (χ2n) is 4.02. The van der Waals surface area contributed by atoms with Crippen LogP contribution in [-0.4, -0.2) is 39.4 Å². The minimum atomic E-state index is -0.357. The van der Waals surface area contributed by atoms with Crippen molar-refractivity contribution >= 4 is 18.4 Å². The summed E-state index contributed by atoms with van der Waals surface area (Å²) in [5.41, 5.74) is -0.357. The molecule has 0 bridgehead atoms. The van der Waals surface area contributed by atoms with Crippen molar-refractivity contribution in [2.45, 2.75) is 26.2 Å². The van der Waals surface area contributed by atoms with Crippen LogP contribution in [-0.2, 0) is 14.3 Å². The third-order valence-corrected chi connectivity index (χ3v) is 2.97. The lowest BCUT2D eigenvalue weighted by Crippen LogP contribution is -2.47. The average molecular weight is 252 g/mol. The van der Waals surface area contributed by atoms with E-state index in [9.17, 15) is 4.79 Å². The quantitative estimate of drug-likeness (QED) is 0.750. The van der Waals surface area contributed by atoms with E-state index in [1.807, 2.05) is 6.92 Å². The van der Waals surface area contributed by atoms with Gasteiger partial charge < -0.3 is 14.8 Å². The summed E-state index contributed by atoms with van der Waals surface area (Å²) in [7, 11) is 1.66. The zero-order chi connectivity index (χ0) is 11.1. The zero-order valence-corrected chi connectivity index (χ0v) is 10.9. The van der Waals surface area contributed by atoms with Gasteiger partial charge in [0.1, 0.15) is 0 Å². The number of methoxy groups -OCH3 is 1. The van der Waals surface area contributed by atoms with E-state index in [0.29, 0.717) is 13.2 Å². The number of esters is 1. The Morgan fingerprint density at radius 2 is 2.25 bits per heavy atom. The van der Waals surface area contributed by atoms with E-state index in [-0.39, 0.29) is 23.8 Å². The van der Waals surface area contributed by atoms with Gasteiger partial charge in [0.15, 0.2) is 0 Å². The standard InChI is InChI=1S/C11H21NO3.ClH/c1-3-15-10(13)11(6-8-14-2)5-4-7-12-9-11;/h12H,3-9H2,1-2H3;1H. The van der Waals surface area contributed by atoms with Crippen molar-refractivity contribution in [3.05, 3.63) is 0 Å². The fourth-order valence-corrected chi connectivity index (χ4v) is 2.04. The Morgan fingerprint density at radius 3 is 2.75 bits per heavy atom. The molecule has 1 saturated heterocycles. The van der Waals surface area contributed by atoms with Crippen molar-refractivity contribution in [3.8, 4) is 0 Å². The number of ether oxygens (including phenoxy) is 2. The molecule has 0 amide bonds. The van der Waals surface area contributed by atoms with Crippen LogP contribution in [0.3, 0.4) is 0 Å². The summed E-state index contributed by atoms with van der Waals surface area (Å²) in [6.45, 7) is 4.62. The molecule has 0 aliphatic carbocycles. The van der Waals surface area contributed by atoms with Crippen molar-refractivity contribution in [2.75, 3.05) is 33.4 Å². The van der Waals surface area contributed by atoms with Gasteiger partial charge in [-0.2, -0.15) is 0 Å². The molecule has 1 aliphatic heterocycles. The number of hydrogen-bond acceptors (Lipinski definition) is 4. The number of halogens is 1. The van der Waals surface area contributed by atoms with E-state index in [2.05, 4.69) is 5.32 Å². The lowest BCUT2D eigenvalue weighted by Gasteiger charge is -2.35. The molecule has 1 N–H and O–H groups in total. The average Bonchev–Trinajstić information content (AvgIpc) is 2.28. The SMILES string of the molecule is CCOC(=O)C1(CCOC)CCCNC1.Cl. The summed E-state index contributed by atoms with van der Waals surface area (Å²) >= 11 is 0. The summed E-state index contributed by atoms with van der Waals surface area (Å²) < 4.78 is 10.2. The second kappa shape index (κ2) is 7.87. The Labute approximate surface area is 103 Å². The molecule has 1 heterocycles. The zero-order valence-electron chi connectivity index (χ0n) is 10.1. The lowest BCUT2D eigenvalue weighted by atomic mass is 9.78. The van der Waals surface area contributed by atoms with Gasteiger partial charge in [-0.3, -0.25) is 4.79 Å². The third-order valence-electron chi connectivity index (χ3n) is 2.97. The van der Waals surface area contributed by atoms with Gasteiger partial charge >= 0.3 is 5.97 Å². The first-order valence-corrected chi connectivity index (χ1v) is 5.62. The molecule has 1 unspecified atom stereocenters. The molecule has 1 fully saturated rings. The largest absolute Gasteiger partial charge is 0.466 e. The fraction of sp³-hybridized carbons (Fsp3) is 0.909. The molecular formula is C11H22ClNO3. The maximum absolute atomic E-state index is 11.9. The van der Waals surface area contributed by atoms with Crippen LogP contribution in [0.25, 0.3) is 0 Å². The summed E-state index contributed by atoms with van der Waals surface area (Å²) in [5.74, 6) is -0.0748. The molecule has 0 aromatic carbocycles. The monoisotopic (exact) mass is 251 g/mol. The Kier molecular flexibility index (Phi) is 7.72. The van der Waals surface area contributed by atoms with E-state index >= 15 is 0 Å². The van der Waals surface area contributed by atoms with Crippen molar-refractivity contribution < 1.29 is 14.3 Å². The number of carbonyl (C=O) groups excluding carboxylic acids is 1. The van der Waals surface area contributed by atoms with Crippen molar-refractivity contribution in [2.24, 2.45) is 5.41 Å². The smallest absolute Gasteiger partial charge is 0.313 e. The first-order valence-electron chi connectivity index (χ1n) is 5.62. The molecule has 4 nitrogen and oxygen atoms in total. The van der Waals surface area contributed by atoms with Crippen LogP contribution in [0.4, 0.5) is 0 Å². The van der Waals surface area contributed by atoms with Crippen LogP contribution in [0.1, 0.15) is 26.2 Å². The van der Waals surface area contributed by atoms with E-state index < -0.39 is 0 Å². The molecule has 5 heteroatoms. The van der Waals surface area contributed by atoms with E-state index in [4.69, 9.17) is 9.47 Å². The Morgan fingerprint density at radius 1 is 1.50 bits per heavy atom. The van der Waals surface area contributed by atoms with Gasteiger partial charge in [0, 0.05) is 20.3 Å². The van der Waals surface area contributed by atoms with Crippen LogP contribution in [0.5, 0.6) is 0 Å². The van der Waals surface area contributed by atoms with Crippen LogP contribution in [0.15, 0.2) is 0 Å². The van der Waals surface area contributed by atoms with E-state index in [1.54, 1.807) is 7.11 Å². The van der Waals surface area contributed by atoms with Gasteiger partial charge in [-0.15, -0.1) is 12.4 Å². The molecule has 0 radical (unpaired) electrons. The van der Waals surface area contributed by atoms with Gasteiger partial charge in [-0.05, 0) is 32.7 Å². The number of piperidine rings is 1. The predicted molar refractivity (Wildman–Crippen MR) is 64.9 cm³/mol. The summed E-state index contributed by atoms with van der Waals surface area (Å²) in [6, 6.07) is 0. The highest BCUT2D eigenvalue weighted by molar-refractivity contribution is 5.85. The summed E-state index contributed by atoms with van der Waals surface area (Å²) in [5, 5.41) is 3.27. The second-order valence-corrected chi connectivity index (χ2v) is 4.02. The minimum absolute atomic E-state index is 0. The Hall–Kier alpha value is -0.320. The molecule has 1 aliphatic rings. The molecule has 0 saturated carbocycles. The number of nitrogens with one attached hydrogen (secondary N) is 1. The normalized spacial score (nSPS) is 24.6. The molecule has 1 rings (SSSR count). The third kappa shape index (κ3) is 3.92. The Balaban J connectivity index is 0.00000225. The summed E-state index contributed by atoms with van der Waals surface area (Å²) in [4.78, 5) is 11.9. The molecule has 0 aromatic rings. The van der Waals surface area contributed by atoms with E-state index in [0.717, 1.165) is 32.4 Å². The number of rotatable bonds is 5. The van der Waals surface area contributed by atoms with Crippen LogP contribution in [0, 0.1) is 5.41 Å².